The Balaban J connectivity index is 2.47. The van der Waals surface area contributed by atoms with E-state index in [0.29, 0.717) is 6.61 Å². The first-order valence-corrected chi connectivity index (χ1v) is 4.67. The van der Waals surface area contributed by atoms with Gasteiger partial charge in [-0.1, -0.05) is 6.92 Å². The largest absolute Gasteiger partial charge is 0.465 e. The Morgan fingerprint density at radius 2 is 2.17 bits per heavy atom. The zero-order valence-electron chi connectivity index (χ0n) is 7.85. The maximum Gasteiger partial charge on any atom is 0.326 e. The van der Waals surface area contributed by atoms with Crippen molar-refractivity contribution < 1.29 is 9.53 Å². The molecule has 0 radical (unpaired) electrons. The van der Waals surface area contributed by atoms with Crippen LogP contribution in [0, 0.1) is 0 Å². The maximum absolute atomic E-state index is 11.5. The lowest BCUT2D eigenvalue weighted by Crippen LogP contribution is -2.57. The Bertz CT molecular complexity index is 164. The van der Waals surface area contributed by atoms with Crippen molar-refractivity contribution in [3.05, 3.63) is 0 Å². The molecule has 1 aliphatic carbocycles. The van der Waals surface area contributed by atoms with Crippen molar-refractivity contribution in [1.82, 2.24) is 5.32 Å². The third-order valence-electron chi connectivity index (χ3n) is 2.39. The highest BCUT2D eigenvalue weighted by atomic mass is 16.5. The van der Waals surface area contributed by atoms with Crippen molar-refractivity contribution in [2.24, 2.45) is 0 Å². The van der Waals surface area contributed by atoms with E-state index in [0.717, 1.165) is 25.8 Å². The van der Waals surface area contributed by atoms with Crippen LogP contribution in [0.1, 0.15) is 33.1 Å². The molecule has 0 unspecified atom stereocenters. The van der Waals surface area contributed by atoms with Crippen LogP contribution in [0.4, 0.5) is 0 Å². The first kappa shape index (κ1) is 9.52. The molecule has 1 N–H and O–H groups in total. The number of esters is 1. The lowest BCUT2D eigenvalue weighted by atomic mass is 9.77. The molecule has 3 nitrogen and oxygen atoms in total. The maximum atomic E-state index is 11.5. The number of likely N-dealkylation sites (N-methyl/N-ethyl adjacent to an activating group) is 1. The summed E-state index contributed by atoms with van der Waals surface area (Å²) >= 11 is 0. The molecule has 0 aliphatic heterocycles. The first-order chi connectivity index (χ1) is 5.75. The van der Waals surface area contributed by atoms with Crippen LogP contribution in [-0.4, -0.2) is 24.7 Å². The molecule has 0 heterocycles. The van der Waals surface area contributed by atoms with Crippen molar-refractivity contribution >= 4 is 5.97 Å². The number of nitrogens with one attached hydrogen (secondary N) is 1. The number of rotatable bonds is 4. The van der Waals surface area contributed by atoms with Crippen LogP contribution in [0.3, 0.4) is 0 Å². The molecule has 70 valence electrons. The normalized spacial score (nSPS) is 19.8. The smallest absolute Gasteiger partial charge is 0.326 e. The van der Waals surface area contributed by atoms with Gasteiger partial charge >= 0.3 is 5.97 Å². The minimum Gasteiger partial charge on any atom is -0.465 e. The lowest BCUT2D eigenvalue weighted by Gasteiger charge is -2.39. The van der Waals surface area contributed by atoms with Gasteiger partial charge < -0.3 is 10.1 Å². The van der Waals surface area contributed by atoms with E-state index in [9.17, 15) is 4.79 Å². The molecule has 12 heavy (non-hydrogen) atoms. The van der Waals surface area contributed by atoms with Crippen LogP contribution >= 0.6 is 0 Å². The summed E-state index contributed by atoms with van der Waals surface area (Å²) < 4.78 is 5.00. The van der Waals surface area contributed by atoms with E-state index in [1.807, 2.05) is 13.8 Å². The minimum absolute atomic E-state index is 0.0712. The molecule has 0 aromatic rings. The highest BCUT2D eigenvalue weighted by Gasteiger charge is 2.44. The molecule has 0 bridgehead atoms. The fourth-order valence-corrected chi connectivity index (χ4v) is 1.59. The summed E-state index contributed by atoms with van der Waals surface area (Å²) in [5.74, 6) is -0.0712. The molecule has 1 saturated carbocycles. The van der Waals surface area contributed by atoms with Crippen molar-refractivity contribution in [3.8, 4) is 0 Å². The van der Waals surface area contributed by atoms with Gasteiger partial charge in [0.1, 0.15) is 5.54 Å². The summed E-state index contributed by atoms with van der Waals surface area (Å²) in [4.78, 5) is 11.5. The van der Waals surface area contributed by atoms with Crippen LogP contribution in [0.15, 0.2) is 0 Å². The number of hydrogen-bond acceptors (Lipinski definition) is 3. The molecule has 0 spiro atoms. The highest BCUT2D eigenvalue weighted by Crippen LogP contribution is 2.32. The topological polar surface area (TPSA) is 38.3 Å². The van der Waals surface area contributed by atoms with Crippen molar-refractivity contribution in [3.63, 3.8) is 0 Å². The van der Waals surface area contributed by atoms with Gasteiger partial charge in [0.2, 0.25) is 0 Å². The molecule has 0 atom stereocenters. The summed E-state index contributed by atoms with van der Waals surface area (Å²) in [6.07, 6.45) is 2.99. The quantitative estimate of drug-likeness (QED) is 0.643. The van der Waals surface area contributed by atoms with E-state index in [-0.39, 0.29) is 11.5 Å². The standard InChI is InChI=1S/C9H17NO2/c1-3-10-9(6-5-7-9)8(11)12-4-2/h10H,3-7H2,1-2H3. The van der Waals surface area contributed by atoms with Gasteiger partial charge in [0.25, 0.3) is 0 Å². The molecule has 3 heteroatoms. The Hall–Kier alpha value is -0.570. The summed E-state index contributed by atoms with van der Waals surface area (Å²) in [6, 6.07) is 0. The summed E-state index contributed by atoms with van der Waals surface area (Å²) in [7, 11) is 0. The van der Waals surface area contributed by atoms with Crippen molar-refractivity contribution in [1.29, 1.82) is 0 Å². The molecular weight excluding hydrogens is 154 g/mol. The van der Waals surface area contributed by atoms with E-state index in [4.69, 9.17) is 4.74 Å². The molecule has 0 saturated heterocycles. The van der Waals surface area contributed by atoms with Crippen LogP contribution in [-0.2, 0) is 9.53 Å². The molecule has 1 aliphatic rings. The SMILES string of the molecule is CCNC1(C(=O)OCC)CCC1. The van der Waals surface area contributed by atoms with Gasteiger partial charge in [-0.25, -0.2) is 0 Å². The second-order valence-corrected chi connectivity index (χ2v) is 3.19. The Labute approximate surface area is 73.5 Å². The predicted molar refractivity (Wildman–Crippen MR) is 46.9 cm³/mol. The zero-order valence-corrected chi connectivity index (χ0v) is 7.85. The van der Waals surface area contributed by atoms with Gasteiger partial charge in [0, 0.05) is 0 Å². The summed E-state index contributed by atoms with van der Waals surface area (Å²) in [5, 5.41) is 3.21. The van der Waals surface area contributed by atoms with Crippen LogP contribution in [0.5, 0.6) is 0 Å². The van der Waals surface area contributed by atoms with Gasteiger partial charge in [-0.2, -0.15) is 0 Å². The van der Waals surface area contributed by atoms with Crippen molar-refractivity contribution in [2.45, 2.75) is 38.6 Å². The third-order valence-corrected chi connectivity index (χ3v) is 2.39. The van der Waals surface area contributed by atoms with Crippen LogP contribution < -0.4 is 5.32 Å². The average Bonchev–Trinajstić information content (AvgIpc) is 1.97. The Morgan fingerprint density at radius 3 is 2.50 bits per heavy atom. The number of hydrogen-bond donors (Lipinski definition) is 1. The lowest BCUT2D eigenvalue weighted by molar-refractivity contribution is -0.155. The fraction of sp³-hybridized carbons (Fsp3) is 0.889. The number of carbonyl (C=O) groups excluding carboxylic acids is 1. The molecule has 1 rings (SSSR count). The Kier molecular flexibility index (Phi) is 3.09. The van der Waals surface area contributed by atoms with E-state index < -0.39 is 0 Å². The van der Waals surface area contributed by atoms with E-state index in [1.165, 1.54) is 0 Å². The monoisotopic (exact) mass is 171 g/mol. The van der Waals surface area contributed by atoms with E-state index >= 15 is 0 Å². The molecule has 1 fully saturated rings. The van der Waals surface area contributed by atoms with Gasteiger partial charge in [-0.05, 0) is 32.7 Å². The molecular formula is C9H17NO2. The predicted octanol–water partition coefficient (Wildman–Crippen LogP) is 1.08. The molecule has 0 aromatic heterocycles. The van der Waals surface area contributed by atoms with Crippen molar-refractivity contribution in [2.75, 3.05) is 13.2 Å². The highest BCUT2D eigenvalue weighted by molar-refractivity contribution is 5.82. The average molecular weight is 171 g/mol. The fourth-order valence-electron chi connectivity index (χ4n) is 1.59. The minimum atomic E-state index is -0.329. The Morgan fingerprint density at radius 1 is 1.50 bits per heavy atom. The third kappa shape index (κ3) is 1.61. The second kappa shape index (κ2) is 3.90. The zero-order chi connectivity index (χ0) is 9.03. The molecule has 0 aromatic carbocycles. The molecule has 0 amide bonds. The van der Waals surface area contributed by atoms with Gasteiger partial charge in [0.15, 0.2) is 0 Å². The summed E-state index contributed by atoms with van der Waals surface area (Å²) in [5.41, 5.74) is -0.329. The van der Waals surface area contributed by atoms with E-state index in [2.05, 4.69) is 5.32 Å². The summed E-state index contributed by atoms with van der Waals surface area (Å²) in [6.45, 7) is 5.17. The van der Waals surface area contributed by atoms with Gasteiger partial charge in [-0.3, -0.25) is 4.79 Å². The number of carbonyl (C=O) groups is 1. The van der Waals surface area contributed by atoms with Crippen LogP contribution in [0.25, 0.3) is 0 Å². The number of ether oxygens (including phenoxy) is 1. The van der Waals surface area contributed by atoms with Gasteiger partial charge in [0.05, 0.1) is 6.61 Å². The van der Waals surface area contributed by atoms with Crippen LogP contribution in [0.2, 0.25) is 0 Å². The van der Waals surface area contributed by atoms with Gasteiger partial charge in [-0.15, -0.1) is 0 Å². The first-order valence-electron chi connectivity index (χ1n) is 4.67. The second-order valence-electron chi connectivity index (χ2n) is 3.19. The van der Waals surface area contributed by atoms with E-state index in [1.54, 1.807) is 0 Å².